The largest absolute Gasteiger partial charge is 0.467 e. The van der Waals surface area contributed by atoms with Crippen LogP contribution in [-0.4, -0.2) is 6.54 Å². The zero-order valence-corrected chi connectivity index (χ0v) is 10.4. The molecule has 19 heavy (non-hydrogen) atoms. The third-order valence-electron chi connectivity index (χ3n) is 2.78. The van der Waals surface area contributed by atoms with E-state index in [1.165, 1.54) is 12.3 Å². The fraction of sp³-hybridized carbons (Fsp3) is 0.286. The molecule has 102 valence electrons. The lowest BCUT2D eigenvalue weighted by atomic mass is 10.0. The molecule has 1 aromatic carbocycles. The van der Waals surface area contributed by atoms with Crippen molar-refractivity contribution >= 4 is 0 Å². The molecule has 0 fully saturated rings. The molecule has 0 aliphatic heterocycles. The zero-order chi connectivity index (χ0) is 13.9. The van der Waals surface area contributed by atoms with Crippen LogP contribution in [0.3, 0.4) is 0 Å². The summed E-state index contributed by atoms with van der Waals surface area (Å²) in [5.74, 6) is 0.598. The third-order valence-corrected chi connectivity index (χ3v) is 2.78. The summed E-state index contributed by atoms with van der Waals surface area (Å²) >= 11 is 0. The van der Waals surface area contributed by atoms with E-state index in [4.69, 9.17) is 4.42 Å². The summed E-state index contributed by atoms with van der Waals surface area (Å²) in [7, 11) is 0. The van der Waals surface area contributed by atoms with Gasteiger partial charge < -0.3 is 9.73 Å². The van der Waals surface area contributed by atoms with Crippen LogP contribution >= 0.6 is 0 Å². The first-order valence-electron chi connectivity index (χ1n) is 5.96. The molecule has 0 spiro atoms. The minimum Gasteiger partial charge on any atom is -0.467 e. The molecule has 0 aliphatic carbocycles. The summed E-state index contributed by atoms with van der Waals surface area (Å²) in [6, 6.07) is 8.37. The van der Waals surface area contributed by atoms with Gasteiger partial charge in [-0.2, -0.15) is 13.2 Å². The first kappa shape index (κ1) is 13.7. The molecule has 2 aromatic rings. The van der Waals surface area contributed by atoms with Gasteiger partial charge in [0.15, 0.2) is 0 Å². The quantitative estimate of drug-likeness (QED) is 0.907. The van der Waals surface area contributed by atoms with Crippen LogP contribution in [0.25, 0.3) is 0 Å². The Balaban J connectivity index is 2.37. The van der Waals surface area contributed by atoms with Gasteiger partial charge in [-0.1, -0.05) is 19.1 Å². The molecule has 1 unspecified atom stereocenters. The molecule has 0 aliphatic rings. The number of furan rings is 1. The Morgan fingerprint density at radius 2 is 2.00 bits per heavy atom. The molecule has 5 heteroatoms. The minimum atomic E-state index is -4.34. The second-order valence-electron chi connectivity index (χ2n) is 4.13. The van der Waals surface area contributed by atoms with Crippen LogP contribution in [0.1, 0.15) is 29.9 Å². The maximum atomic E-state index is 12.7. The summed E-state index contributed by atoms with van der Waals surface area (Å²) in [5, 5.41) is 3.12. The predicted octanol–water partition coefficient (Wildman–Crippen LogP) is 4.00. The maximum Gasteiger partial charge on any atom is 0.416 e. The van der Waals surface area contributed by atoms with Crippen LogP contribution in [0.15, 0.2) is 47.1 Å². The van der Waals surface area contributed by atoms with Crippen molar-refractivity contribution in [1.82, 2.24) is 5.32 Å². The average molecular weight is 269 g/mol. The lowest BCUT2D eigenvalue weighted by Gasteiger charge is -2.17. The second-order valence-corrected chi connectivity index (χ2v) is 4.13. The van der Waals surface area contributed by atoms with Crippen LogP contribution in [0, 0.1) is 0 Å². The highest BCUT2D eigenvalue weighted by molar-refractivity contribution is 5.32. The Morgan fingerprint density at radius 1 is 1.21 bits per heavy atom. The first-order valence-corrected chi connectivity index (χ1v) is 5.96. The van der Waals surface area contributed by atoms with Gasteiger partial charge >= 0.3 is 6.18 Å². The maximum absolute atomic E-state index is 12.7. The minimum absolute atomic E-state index is 0.373. The van der Waals surface area contributed by atoms with Gasteiger partial charge in [-0.15, -0.1) is 0 Å². The van der Waals surface area contributed by atoms with Gasteiger partial charge in [-0.25, -0.2) is 0 Å². The summed E-state index contributed by atoms with van der Waals surface area (Å²) < 4.78 is 43.4. The normalized spacial score (nSPS) is 13.5. The summed E-state index contributed by atoms with van der Waals surface area (Å²) in [4.78, 5) is 0. The smallest absolute Gasteiger partial charge is 0.416 e. The number of hydrogen-bond donors (Lipinski definition) is 1. The van der Waals surface area contributed by atoms with Crippen LogP contribution < -0.4 is 5.32 Å². The molecule has 1 aromatic heterocycles. The van der Waals surface area contributed by atoms with E-state index in [1.807, 2.05) is 6.92 Å². The van der Waals surface area contributed by atoms with Crippen molar-refractivity contribution in [2.24, 2.45) is 0 Å². The lowest BCUT2D eigenvalue weighted by molar-refractivity contribution is -0.137. The molecule has 1 N–H and O–H groups in total. The van der Waals surface area contributed by atoms with Gasteiger partial charge in [0.05, 0.1) is 17.9 Å². The summed E-state index contributed by atoms with van der Waals surface area (Å²) in [5.41, 5.74) is -0.119. The Morgan fingerprint density at radius 3 is 2.58 bits per heavy atom. The van der Waals surface area contributed by atoms with Crippen molar-refractivity contribution in [1.29, 1.82) is 0 Å². The predicted molar refractivity (Wildman–Crippen MR) is 65.7 cm³/mol. The Labute approximate surface area is 109 Å². The van der Waals surface area contributed by atoms with Gasteiger partial charge in [-0.05, 0) is 36.4 Å². The molecule has 0 amide bonds. The van der Waals surface area contributed by atoms with Gasteiger partial charge in [0.2, 0.25) is 0 Å². The molecule has 0 bridgehead atoms. The SMILES string of the molecule is CCNC(c1cccc(C(F)(F)F)c1)c1ccco1. The second kappa shape index (κ2) is 5.48. The Hall–Kier alpha value is -1.75. The number of rotatable bonds is 4. The molecule has 1 atom stereocenters. The number of benzene rings is 1. The van der Waals surface area contributed by atoms with Crippen molar-refractivity contribution in [2.75, 3.05) is 6.54 Å². The van der Waals surface area contributed by atoms with Gasteiger partial charge in [-0.3, -0.25) is 0 Å². The molecular weight excluding hydrogens is 255 g/mol. The molecule has 0 radical (unpaired) electrons. The van der Waals surface area contributed by atoms with E-state index in [9.17, 15) is 13.2 Å². The number of hydrogen-bond acceptors (Lipinski definition) is 2. The highest BCUT2D eigenvalue weighted by Crippen LogP contribution is 2.32. The number of alkyl halides is 3. The molecule has 0 saturated heterocycles. The molecule has 2 rings (SSSR count). The van der Waals surface area contributed by atoms with Crippen molar-refractivity contribution in [3.8, 4) is 0 Å². The summed E-state index contributed by atoms with van der Waals surface area (Å²) in [6.45, 7) is 2.52. The van der Waals surface area contributed by atoms with E-state index in [2.05, 4.69) is 5.32 Å². The van der Waals surface area contributed by atoms with E-state index >= 15 is 0 Å². The lowest BCUT2D eigenvalue weighted by Crippen LogP contribution is -2.22. The topological polar surface area (TPSA) is 25.2 Å². The first-order chi connectivity index (χ1) is 9.02. The van der Waals surface area contributed by atoms with E-state index in [1.54, 1.807) is 18.2 Å². The monoisotopic (exact) mass is 269 g/mol. The van der Waals surface area contributed by atoms with Crippen LogP contribution in [0.4, 0.5) is 13.2 Å². The van der Waals surface area contributed by atoms with Crippen molar-refractivity contribution in [2.45, 2.75) is 19.1 Å². The molecule has 1 heterocycles. The van der Waals surface area contributed by atoms with E-state index in [-0.39, 0.29) is 6.04 Å². The van der Waals surface area contributed by atoms with Crippen molar-refractivity contribution in [3.05, 3.63) is 59.5 Å². The zero-order valence-electron chi connectivity index (χ0n) is 10.4. The fourth-order valence-electron chi connectivity index (χ4n) is 1.94. The standard InChI is InChI=1S/C14H14F3NO/c1-2-18-13(12-7-4-8-19-12)10-5-3-6-11(9-10)14(15,16)17/h3-9,13,18H,2H2,1H3. The Kier molecular flexibility index (Phi) is 3.95. The Bertz CT molecular complexity index is 520. The van der Waals surface area contributed by atoms with Crippen LogP contribution in [-0.2, 0) is 6.18 Å². The van der Waals surface area contributed by atoms with Gasteiger partial charge in [0.25, 0.3) is 0 Å². The molecule has 2 nitrogen and oxygen atoms in total. The van der Waals surface area contributed by atoms with Gasteiger partial charge in [0.1, 0.15) is 5.76 Å². The van der Waals surface area contributed by atoms with Crippen LogP contribution in [0.2, 0.25) is 0 Å². The van der Waals surface area contributed by atoms with E-state index < -0.39 is 11.7 Å². The number of halogens is 3. The fourth-order valence-corrected chi connectivity index (χ4v) is 1.94. The van der Waals surface area contributed by atoms with Crippen molar-refractivity contribution < 1.29 is 17.6 Å². The van der Waals surface area contributed by atoms with E-state index in [0.29, 0.717) is 17.9 Å². The summed E-state index contributed by atoms with van der Waals surface area (Å²) in [6.07, 6.45) is -2.83. The molecule has 0 saturated carbocycles. The third kappa shape index (κ3) is 3.17. The van der Waals surface area contributed by atoms with Gasteiger partial charge in [0, 0.05) is 0 Å². The van der Waals surface area contributed by atoms with Crippen molar-refractivity contribution in [3.63, 3.8) is 0 Å². The average Bonchev–Trinajstić information content (AvgIpc) is 2.88. The van der Waals surface area contributed by atoms with Crippen LogP contribution in [0.5, 0.6) is 0 Å². The highest BCUT2D eigenvalue weighted by atomic mass is 19.4. The van der Waals surface area contributed by atoms with E-state index in [0.717, 1.165) is 12.1 Å². The molecular formula is C14H14F3NO. The number of nitrogens with one attached hydrogen (secondary N) is 1. The highest BCUT2D eigenvalue weighted by Gasteiger charge is 2.31.